The van der Waals surface area contributed by atoms with Gasteiger partial charge in [-0.25, -0.2) is 4.57 Å². The molecule has 0 aromatic rings. The van der Waals surface area contributed by atoms with E-state index in [9.17, 15) is 19.0 Å². The Kier molecular flexibility index (Phi) is 34.8. The molecule has 0 rings (SSSR count). The topological polar surface area (TPSA) is 120 Å². The van der Waals surface area contributed by atoms with E-state index < -0.39 is 32.5 Å². The van der Waals surface area contributed by atoms with Gasteiger partial charge in [-0.05, 0) is 84.1 Å². The van der Waals surface area contributed by atoms with Crippen LogP contribution in [0.2, 0.25) is 0 Å². The monoisotopic (exact) mass is 723 g/mol. The highest BCUT2D eigenvalue weighted by Gasteiger charge is 2.26. The third kappa shape index (κ3) is 35.5. The van der Waals surface area contributed by atoms with Crippen LogP contribution in [0.3, 0.4) is 0 Å². The van der Waals surface area contributed by atoms with Gasteiger partial charge in [0.15, 0.2) is 6.10 Å². The zero-order valence-electron chi connectivity index (χ0n) is 31.6. The van der Waals surface area contributed by atoms with Crippen LogP contribution in [0.4, 0.5) is 0 Å². The van der Waals surface area contributed by atoms with Gasteiger partial charge in [0.25, 0.3) is 0 Å². The fraction of sp³-hybridized carbons (Fsp3) is 0.700. The highest BCUT2D eigenvalue weighted by atomic mass is 31.2. The van der Waals surface area contributed by atoms with Gasteiger partial charge in [-0.15, -0.1) is 0 Å². The molecule has 0 saturated heterocycles. The second kappa shape index (κ2) is 36.5. The van der Waals surface area contributed by atoms with Gasteiger partial charge in [0.05, 0.1) is 13.2 Å². The first-order valence-electron chi connectivity index (χ1n) is 19.2. The van der Waals surface area contributed by atoms with Gasteiger partial charge in [-0.1, -0.05) is 113 Å². The van der Waals surface area contributed by atoms with Gasteiger partial charge in [0.2, 0.25) is 0 Å². The molecule has 2 unspecified atom stereocenters. The van der Waals surface area contributed by atoms with E-state index in [2.05, 4.69) is 79.9 Å². The van der Waals surface area contributed by atoms with Crippen molar-refractivity contribution in [2.45, 2.75) is 148 Å². The number of nitrogens with one attached hydrogen (secondary N) is 1. The Labute approximate surface area is 304 Å². The Balaban J connectivity index is 4.39. The van der Waals surface area contributed by atoms with E-state index in [1.807, 2.05) is 0 Å². The van der Waals surface area contributed by atoms with Crippen LogP contribution in [-0.4, -0.2) is 56.3 Å². The lowest BCUT2D eigenvalue weighted by Gasteiger charge is -2.20. The Morgan fingerprint density at radius 3 is 1.76 bits per heavy atom. The van der Waals surface area contributed by atoms with Crippen LogP contribution in [-0.2, 0) is 32.7 Å². The molecule has 0 aromatic heterocycles. The van der Waals surface area contributed by atoms with Crippen molar-refractivity contribution in [1.29, 1.82) is 0 Å². The first kappa shape index (κ1) is 47.7. The number of hydrogen-bond acceptors (Lipinski definition) is 8. The molecule has 0 amide bonds. The van der Waals surface area contributed by atoms with Gasteiger partial charge < -0.3 is 19.7 Å². The number of phosphoric ester groups is 1. The number of ether oxygens (including phenoxy) is 2. The van der Waals surface area contributed by atoms with Gasteiger partial charge in [0.1, 0.15) is 6.61 Å². The molecule has 0 bridgehead atoms. The molecule has 0 saturated carbocycles. The minimum absolute atomic E-state index is 0.0278. The maximum Gasteiger partial charge on any atom is 0.472 e. The Hall–Kier alpha value is -2.29. The summed E-state index contributed by atoms with van der Waals surface area (Å²) < 4.78 is 33.0. The molecule has 2 atom stereocenters. The molecule has 9 nitrogen and oxygen atoms in total. The van der Waals surface area contributed by atoms with Crippen LogP contribution in [0.15, 0.2) is 60.8 Å². The highest BCUT2D eigenvalue weighted by molar-refractivity contribution is 7.47. The van der Waals surface area contributed by atoms with Gasteiger partial charge in [0, 0.05) is 19.4 Å². The summed E-state index contributed by atoms with van der Waals surface area (Å²) in [7, 11) is -2.67. The number of rotatable bonds is 35. The van der Waals surface area contributed by atoms with Crippen molar-refractivity contribution in [3.8, 4) is 0 Å². The van der Waals surface area contributed by atoms with Crippen molar-refractivity contribution in [3.63, 3.8) is 0 Å². The number of allylic oxidation sites excluding steroid dienone is 10. The number of phosphoric acid groups is 1. The number of carbonyl (C=O) groups excluding carboxylic acids is 2. The summed E-state index contributed by atoms with van der Waals surface area (Å²) in [6.07, 6.45) is 39.8. The first-order valence-corrected chi connectivity index (χ1v) is 20.7. The van der Waals surface area contributed by atoms with E-state index in [0.717, 1.165) is 70.6 Å². The van der Waals surface area contributed by atoms with E-state index >= 15 is 0 Å². The van der Waals surface area contributed by atoms with E-state index in [-0.39, 0.29) is 26.1 Å². The zero-order valence-corrected chi connectivity index (χ0v) is 32.5. The summed E-state index contributed by atoms with van der Waals surface area (Å²) in [5.41, 5.74) is 0. The molecule has 0 aliphatic rings. The largest absolute Gasteiger partial charge is 0.472 e. The second-order valence-electron chi connectivity index (χ2n) is 12.4. The maximum absolute atomic E-state index is 12.5. The number of likely N-dealkylation sites (N-methyl/N-ethyl adjacent to an activating group) is 1. The summed E-state index contributed by atoms with van der Waals surface area (Å²) in [5.74, 6) is -0.873. The van der Waals surface area contributed by atoms with Crippen molar-refractivity contribution in [1.82, 2.24) is 5.32 Å². The van der Waals surface area contributed by atoms with Crippen molar-refractivity contribution in [2.24, 2.45) is 0 Å². The predicted molar refractivity (Wildman–Crippen MR) is 206 cm³/mol. The molecule has 0 spiro atoms. The van der Waals surface area contributed by atoms with Crippen molar-refractivity contribution in [2.75, 3.05) is 33.4 Å². The van der Waals surface area contributed by atoms with Gasteiger partial charge >= 0.3 is 19.8 Å². The minimum atomic E-state index is -4.36. The fourth-order valence-corrected chi connectivity index (χ4v) is 5.46. The molecule has 2 N–H and O–H groups in total. The van der Waals surface area contributed by atoms with Crippen molar-refractivity contribution >= 4 is 19.8 Å². The van der Waals surface area contributed by atoms with Crippen molar-refractivity contribution < 1.29 is 37.6 Å². The second-order valence-corrected chi connectivity index (χ2v) is 13.8. The molecule has 0 heterocycles. The highest BCUT2D eigenvalue weighted by Crippen LogP contribution is 2.43. The molecule has 10 heteroatoms. The van der Waals surface area contributed by atoms with E-state index in [0.29, 0.717) is 19.4 Å². The molecule has 0 aliphatic carbocycles. The average molecular weight is 724 g/mol. The summed E-state index contributed by atoms with van der Waals surface area (Å²) in [6.45, 7) is 4.01. The lowest BCUT2D eigenvalue weighted by Crippen LogP contribution is -2.29. The first-order chi connectivity index (χ1) is 24.3. The molecule has 0 aromatic carbocycles. The van der Waals surface area contributed by atoms with Gasteiger partial charge in [-0.3, -0.25) is 18.6 Å². The number of unbranched alkanes of at least 4 members (excludes halogenated alkanes) is 11. The Morgan fingerprint density at radius 1 is 0.640 bits per heavy atom. The lowest BCUT2D eigenvalue weighted by molar-refractivity contribution is -0.161. The normalized spacial score (nSPS) is 14.1. The zero-order chi connectivity index (χ0) is 36.8. The minimum Gasteiger partial charge on any atom is -0.462 e. The average Bonchev–Trinajstić information content (AvgIpc) is 3.09. The predicted octanol–water partition coefficient (Wildman–Crippen LogP) is 10.4. The summed E-state index contributed by atoms with van der Waals surface area (Å²) in [6, 6.07) is 0. The Morgan fingerprint density at radius 2 is 1.14 bits per heavy atom. The third-order valence-electron chi connectivity index (χ3n) is 7.62. The van der Waals surface area contributed by atoms with Gasteiger partial charge in [-0.2, -0.15) is 0 Å². The Bertz CT molecular complexity index is 1010. The number of esters is 2. The third-order valence-corrected chi connectivity index (χ3v) is 8.61. The standard InChI is InChI=1S/C40H70NO8P/c1-4-6-8-10-12-14-16-18-19-21-22-24-26-28-30-32-39(42)46-36-38(37-48-50(44,45)47-35-34-41-3)49-40(43)33-31-29-27-25-23-20-17-15-13-11-9-7-5-2/h6,8,12,14-15,17-19,22,24,38,41H,4-5,7,9-11,13,16,20-21,23,25-37H2,1-3H3,(H,44,45)/b8-6-,14-12-,17-15-,19-18-,24-22-. The smallest absolute Gasteiger partial charge is 0.462 e. The molecule has 0 fully saturated rings. The lowest BCUT2D eigenvalue weighted by atomic mass is 10.1. The molecule has 50 heavy (non-hydrogen) atoms. The summed E-state index contributed by atoms with van der Waals surface area (Å²) in [5, 5.41) is 2.81. The van der Waals surface area contributed by atoms with Crippen molar-refractivity contribution in [3.05, 3.63) is 60.8 Å². The summed E-state index contributed by atoms with van der Waals surface area (Å²) >= 11 is 0. The molecular weight excluding hydrogens is 653 g/mol. The maximum atomic E-state index is 12.5. The SMILES string of the molecule is CC/C=C\C/C=C\C/C=C\C/C=C\CCCCC(=O)OCC(COP(=O)(O)OCCNC)OC(=O)CCCCCCC/C=C\CCCCCC. The van der Waals surface area contributed by atoms with Crippen LogP contribution in [0.5, 0.6) is 0 Å². The molecule has 0 radical (unpaired) electrons. The quantitative estimate of drug-likeness (QED) is 0.0285. The fourth-order valence-electron chi connectivity index (χ4n) is 4.71. The van der Waals surface area contributed by atoms with Crippen LogP contribution >= 0.6 is 7.82 Å². The van der Waals surface area contributed by atoms with Crippen LogP contribution in [0.25, 0.3) is 0 Å². The van der Waals surface area contributed by atoms with E-state index in [1.54, 1.807) is 7.05 Å². The van der Waals surface area contributed by atoms with E-state index in [1.165, 1.54) is 32.1 Å². The van der Waals surface area contributed by atoms with E-state index in [4.69, 9.17) is 18.5 Å². The van der Waals surface area contributed by atoms with Crippen LogP contribution in [0, 0.1) is 0 Å². The number of hydrogen-bond donors (Lipinski definition) is 2. The molecular formula is C40H70NO8P. The molecule has 0 aliphatic heterocycles. The van der Waals surface area contributed by atoms with Crippen LogP contribution < -0.4 is 5.32 Å². The van der Waals surface area contributed by atoms with Crippen LogP contribution in [0.1, 0.15) is 142 Å². The number of carbonyl (C=O) groups is 2. The summed E-state index contributed by atoms with van der Waals surface area (Å²) in [4.78, 5) is 34.9. The molecule has 288 valence electrons.